The maximum absolute atomic E-state index is 12.2. The van der Waals surface area contributed by atoms with Gasteiger partial charge in [-0.3, -0.25) is 14.4 Å². The number of Topliss-reactive ketones (excluding diaryl/α,β-unsaturated/α-hetero) is 3. The van der Waals surface area contributed by atoms with E-state index in [0.29, 0.717) is 5.02 Å². The fraction of sp³-hybridized carbons (Fsp3) is 0.250. The van der Waals surface area contributed by atoms with Gasteiger partial charge in [0.1, 0.15) is 5.92 Å². The Morgan fingerprint density at radius 1 is 1.17 bits per heavy atom. The van der Waals surface area contributed by atoms with Crippen LogP contribution in [0.1, 0.15) is 10.4 Å². The lowest BCUT2D eigenvalue weighted by Crippen LogP contribution is -2.38. The van der Waals surface area contributed by atoms with Gasteiger partial charge in [0.25, 0.3) is 0 Å². The van der Waals surface area contributed by atoms with Crippen molar-refractivity contribution < 1.29 is 14.4 Å². The van der Waals surface area contributed by atoms with Crippen LogP contribution in [0.3, 0.4) is 0 Å². The number of hydrogen-bond acceptors (Lipinski definition) is 4. The summed E-state index contributed by atoms with van der Waals surface area (Å²) in [5, 5.41) is 0.555. The molecule has 1 saturated heterocycles. The molecule has 0 aromatic heterocycles. The zero-order valence-corrected chi connectivity index (χ0v) is 11.4. The SMILES string of the molecule is O=C1CSCC(=O)C1C(=O)c1ccc(Cl)cc1Cl. The molecule has 6 heteroatoms. The maximum atomic E-state index is 12.2. The Hall–Kier alpha value is -0.840. The van der Waals surface area contributed by atoms with E-state index in [1.165, 1.54) is 30.0 Å². The molecule has 2 rings (SSSR count). The summed E-state index contributed by atoms with van der Waals surface area (Å²) in [5.41, 5.74) is 0.166. The molecule has 3 nitrogen and oxygen atoms in total. The number of carbonyl (C=O) groups excluding carboxylic acids is 3. The Kier molecular flexibility index (Phi) is 4.10. The molecule has 0 saturated carbocycles. The molecule has 0 N–H and O–H groups in total. The number of ketones is 3. The van der Waals surface area contributed by atoms with Crippen LogP contribution in [0.4, 0.5) is 0 Å². The minimum absolute atomic E-state index is 0.159. The number of thioether (sulfide) groups is 1. The van der Waals surface area contributed by atoms with E-state index < -0.39 is 11.7 Å². The number of benzene rings is 1. The van der Waals surface area contributed by atoms with Gasteiger partial charge in [-0.2, -0.15) is 0 Å². The van der Waals surface area contributed by atoms with E-state index in [0.717, 1.165) is 0 Å². The topological polar surface area (TPSA) is 51.2 Å². The van der Waals surface area contributed by atoms with Crippen LogP contribution < -0.4 is 0 Å². The number of hydrogen-bond donors (Lipinski definition) is 0. The molecular weight excluding hydrogens is 295 g/mol. The van der Waals surface area contributed by atoms with Gasteiger partial charge in [-0.05, 0) is 18.2 Å². The quantitative estimate of drug-likeness (QED) is 0.622. The second-order valence-corrected chi connectivity index (χ2v) is 5.68. The molecule has 1 aliphatic rings. The van der Waals surface area contributed by atoms with E-state index >= 15 is 0 Å². The Balaban J connectivity index is 2.35. The van der Waals surface area contributed by atoms with Gasteiger partial charge in [0.2, 0.25) is 0 Å². The van der Waals surface area contributed by atoms with Crippen LogP contribution in [0.15, 0.2) is 18.2 Å². The number of rotatable bonds is 2. The Morgan fingerprint density at radius 3 is 2.33 bits per heavy atom. The standard InChI is InChI=1S/C12H8Cl2O3S/c13-6-1-2-7(8(14)3-6)12(17)11-9(15)4-18-5-10(11)16/h1-3,11H,4-5H2. The highest BCUT2D eigenvalue weighted by Gasteiger charge is 2.37. The first-order valence-corrected chi connectivity index (χ1v) is 7.04. The van der Waals surface area contributed by atoms with Gasteiger partial charge in [-0.1, -0.05) is 23.2 Å². The molecule has 1 aliphatic heterocycles. The molecule has 0 radical (unpaired) electrons. The molecule has 1 heterocycles. The van der Waals surface area contributed by atoms with E-state index in [1.54, 1.807) is 0 Å². The largest absolute Gasteiger partial charge is 0.297 e. The van der Waals surface area contributed by atoms with Crippen molar-refractivity contribution in [2.75, 3.05) is 11.5 Å². The van der Waals surface area contributed by atoms with Crippen LogP contribution in [0.25, 0.3) is 0 Å². The zero-order valence-electron chi connectivity index (χ0n) is 9.11. The third-order valence-corrected chi connectivity index (χ3v) is 4.12. The average molecular weight is 303 g/mol. The monoisotopic (exact) mass is 302 g/mol. The lowest BCUT2D eigenvalue weighted by Gasteiger charge is -2.18. The van der Waals surface area contributed by atoms with Crippen LogP contribution >= 0.6 is 35.0 Å². The number of carbonyl (C=O) groups is 3. The van der Waals surface area contributed by atoms with Gasteiger partial charge in [0, 0.05) is 10.6 Å². The first-order chi connectivity index (χ1) is 8.50. The van der Waals surface area contributed by atoms with E-state index in [4.69, 9.17) is 23.2 Å². The lowest BCUT2D eigenvalue weighted by atomic mass is 9.90. The molecule has 18 heavy (non-hydrogen) atoms. The van der Waals surface area contributed by atoms with Gasteiger partial charge in [-0.25, -0.2) is 0 Å². The summed E-state index contributed by atoms with van der Waals surface area (Å²) in [4.78, 5) is 35.5. The van der Waals surface area contributed by atoms with Crippen molar-refractivity contribution in [3.63, 3.8) is 0 Å². The summed E-state index contributed by atoms with van der Waals surface area (Å²) in [6, 6.07) is 4.37. The Bertz CT molecular complexity index is 526. The fourth-order valence-electron chi connectivity index (χ4n) is 1.74. The van der Waals surface area contributed by atoms with E-state index in [-0.39, 0.29) is 33.7 Å². The summed E-state index contributed by atoms with van der Waals surface area (Å²) in [6.45, 7) is 0. The lowest BCUT2D eigenvalue weighted by molar-refractivity contribution is -0.128. The van der Waals surface area contributed by atoms with Crippen LogP contribution in [0.2, 0.25) is 10.0 Å². The highest BCUT2D eigenvalue weighted by Crippen LogP contribution is 2.26. The first kappa shape index (κ1) is 13.6. The van der Waals surface area contributed by atoms with Crippen molar-refractivity contribution in [1.82, 2.24) is 0 Å². The van der Waals surface area contributed by atoms with Crippen LogP contribution in [-0.4, -0.2) is 28.9 Å². The van der Waals surface area contributed by atoms with Crippen LogP contribution in [0.5, 0.6) is 0 Å². The van der Waals surface area contributed by atoms with Crippen molar-refractivity contribution >= 4 is 52.3 Å². The molecule has 0 spiro atoms. The molecule has 1 fully saturated rings. The Morgan fingerprint density at radius 2 is 1.78 bits per heavy atom. The van der Waals surface area contributed by atoms with E-state index in [2.05, 4.69) is 0 Å². The second kappa shape index (κ2) is 5.43. The molecular formula is C12H8Cl2O3S. The molecule has 94 valence electrons. The van der Waals surface area contributed by atoms with Gasteiger partial charge in [-0.15, -0.1) is 11.8 Å². The fourth-order valence-corrected chi connectivity index (χ4v) is 3.08. The minimum atomic E-state index is -1.20. The van der Waals surface area contributed by atoms with Crippen molar-refractivity contribution in [1.29, 1.82) is 0 Å². The van der Waals surface area contributed by atoms with Crippen LogP contribution in [-0.2, 0) is 9.59 Å². The molecule has 0 aliphatic carbocycles. The normalized spacial score (nSPS) is 17.0. The van der Waals surface area contributed by atoms with Crippen molar-refractivity contribution in [3.8, 4) is 0 Å². The van der Waals surface area contributed by atoms with Crippen molar-refractivity contribution in [3.05, 3.63) is 33.8 Å². The average Bonchev–Trinajstić information content (AvgIpc) is 2.28. The highest BCUT2D eigenvalue weighted by molar-refractivity contribution is 8.00. The van der Waals surface area contributed by atoms with Crippen molar-refractivity contribution in [2.24, 2.45) is 5.92 Å². The zero-order chi connectivity index (χ0) is 13.3. The van der Waals surface area contributed by atoms with Gasteiger partial charge >= 0.3 is 0 Å². The smallest absolute Gasteiger partial charge is 0.182 e. The molecule has 1 aromatic carbocycles. The van der Waals surface area contributed by atoms with E-state index in [9.17, 15) is 14.4 Å². The molecule has 1 aromatic rings. The summed E-state index contributed by atoms with van der Waals surface area (Å²) < 4.78 is 0. The molecule has 0 unspecified atom stereocenters. The third-order valence-electron chi connectivity index (χ3n) is 2.59. The molecule has 0 bridgehead atoms. The summed E-state index contributed by atoms with van der Waals surface area (Å²) in [5.74, 6) is -2.07. The minimum Gasteiger partial charge on any atom is -0.297 e. The first-order valence-electron chi connectivity index (χ1n) is 5.13. The summed E-state index contributed by atoms with van der Waals surface area (Å²) in [6.07, 6.45) is 0. The highest BCUT2D eigenvalue weighted by atomic mass is 35.5. The van der Waals surface area contributed by atoms with E-state index in [1.807, 2.05) is 0 Å². The van der Waals surface area contributed by atoms with Crippen LogP contribution in [0, 0.1) is 5.92 Å². The summed E-state index contributed by atoms with van der Waals surface area (Å²) in [7, 11) is 0. The maximum Gasteiger partial charge on any atom is 0.182 e. The Labute approximate surface area is 118 Å². The van der Waals surface area contributed by atoms with Crippen molar-refractivity contribution in [2.45, 2.75) is 0 Å². The molecule has 0 amide bonds. The predicted octanol–water partition coefficient (Wildman–Crippen LogP) is 2.68. The third kappa shape index (κ3) is 2.60. The second-order valence-electron chi connectivity index (χ2n) is 3.85. The molecule has 0 atom stereocenters. The van der Waals surface area contributed by atoms with Gasteiger partial charge in [0.05, 0.1) is 16.5 Å². The predicted molar refractivity (Wildman–Crippen MR) is 71.6 cm³/mol. The van der Waals surface area contributed by atoms with Gasteiger partial charge < -0.3 is 0 Å². The van der Waals surface area contributed by atoms with Gasteiger partial charge in [0.15, 0.2) is 17.3 Å². The summed E-state index contributed by atoms with van der Waals surface area (Å²) >= 11 is 12.9. The number of halogens is 2.